The average Bonchev–Trinajstić information content (AvgIpc) is 2.43. The summed E-state index contributed by atoms with van der Waals surface area (Å²) in [6, 6.07) is 9.34. The number of rotatable bonds is 4. The lowest BCUT2D eigenvalue weighted by atomic mass is 10.2. The molecular weight excluding hydrogens is 380 g/mol. The van der Waals surface area contributed by atoms with Crippen LogP contribution in [-0.2, 0) is 16.6 Å². The van der Waals surface area contributed by atoms with E-state index in [9.17, 15) is 14.3 Å². The molecule has 2 aromatic rings. The monoisotopic (exact) mass is 388 g/mol. The Balaban J connectivity index is 2.41. The van der Waals surface area contributed by atoms with Gasteiger partial charge in [0, 0.05) is 16.2 Å². The van der Waals surface area contributed by atoms with Crippen LogP contribution in [0.1, 0.15) is 5.56 Å². The number of benzene rings is 2. The lowest BCUT2D eigenvalue weighted by molar-refractivity contribution is -0.385. The molecule has 5 nitrogen and oxygen atoms in total. The summed E-state index contributed by atoms with van der Waals surface area (Å²) < 4.78 is 13.2. The number of halogens is 2. The Hall–Kier alpha value is -1.44. The maximum absolute atomic E-state index is 12.4. The highest BCUT2D eigenvalue weighted by atomic mass is 79.9. The lowest BCUT2D eigenvalue weighted by Gasteiger charge is -2.08. The second-order valence-electron chi connectivity index (χ2n) is 4.17. The van der Waals surface area contributed by atoms with Crippen LogP contribution >= 0.6 is 27.5 Å². The summed E-state index contributed by atoms with van der Waals surface area (Å²) in [5, 5.41) is 11.2. The second kappa shape index (κ2) is 6.55. The molecule has 1 unspecified atom stereocenters. The Morgan fingerprint density at radius 3 is 2.71 bits per heavy atom. The van der Waals surface area contributed by atoms with E-state index in [-0.39, 0.29) is 22.0 Å². The van der Waals surface area contributed by atoms with Gasteiger partial charge in [0.05, 0.1) is 37.0 Å². The quantitative estimate of drug-likeness (QED) is 0.488. The van der Waals surface area contributed by atoms with Crippen LogP contribution in [0.15, 0.2) is 45.8 Å². The van der Waals surface area contributed by atoms with Crippen LogP contribution in [0.5, 0.6) is 0 Å². The number of hydrogen-bond acceptors (Lipinski definition) is 4. The van der Waals surface area contributed by atoms with Gasteiger partial charge in [-0.05, 0) is 24.3 Å². The average molecular weight is 390 g/mol. The number of anilines is 1. The molecule has 0 aromatic heterocycles. The standard InChI is InChI=1S/C13H10BrClN2O3S/c14-8-4-5-11(16)13(6-8)21(20)7-9-10(15)2-1-3-12(9)17(18)19/h1-6H,7,16H2. The van der Waals surface area contributed by atoms with Crippen molar-refractivity contribution >= 4 is 49.7 Å². The van der Waals surface area contributed by atoms with E-state index in [0.29, 0.717) is 10.6 Å². The zero-order chi connectivity index (χ0) is 15.6. The van der Waals surface area contributed by atoms with Gasteiger partial charge in [-0.2, -0.15) is 0 Å². The number of nitrogens with two attached hydrogens (primary N) is 1. The normalized spacial score (nSPS) is 12.1. The van der Waals surface area contributed by atoms with Gasteiger partial charge in [-0.25, -0.2) is 0 Å². The molecule has 0 saturated carbocycles. The van der Waals surface area contributed by atoms with Crippen molar-refractivity contribution in [3.8, 4) is 0 Å². The highest BCUT2D eigenvalue weighted by Gasteiger charge is 2.20. The molecule has 0 amide bonds. The van der Waals surface area contributed by atoms with Crippen LogP contribution in [0.2, 0.25) is 5.02 Å². The van der Waals surface area contributed by atoms with Crippen LogP contribution in [0.4, 0.5) is 11.4 Å². The summed E-state index contributed by atoms with van der Waals surface area (Å²) in [6.07, 6.45) is 0. The molecule has 0 aliphatic carbocycles. The molecule has 21 heavy (non-hydrogen) atoms. The number of nitro groups is 1. The van der Waals surface area contributed by atoms with Crippen molar-refractivity contribution < 1.29 is 9.13 Å². The fraction of sp³-hybridized carbons (Fsp3) is 0.0769. The Labute approximate surface area is 136 Å². The topological polar surface area (TPSA) is 86.2 Å². The first-order valence-electron chi connectivity index (χ1n) is 5.75. The van der Waals surface area contributed by atoms with E-state index >= 15 is 0 Å². The fourth-order valence-corrected chi connectivity index (χ4v) is 3.91. The zero-order valence-corrected chi connectivity index (χ0v) is 13.7. The molecule has 110 valence electrons. The molecule has 0 aliphatic heterocycles. The molecule has 8 heteroatoms. The van der Waals surface area contributed by atoms with Gasteiger partial charge in [0.2, 0.25) is 0 Å². The van der Waals surface area contributed by atoms with E-state index in [1.807, 2.05) is 0 Å². The van der Waals surface area contributed by atoms with Gasteiger partial charge < -0.3 is 5.73 Å². The van der Waals surface area contributed by atoms with Gasteiger partial charge in [0.15, 0.2) is 0 Å². The summed E-state index contributed by atoms with van der Waals surface area (Å²) in [6.45, 7) is 0. The van der Waals surface area contributed by atoms with E-state index in [0.717, 1.165) is 4.47 Å². The third kappa shape index (κ3) is 3.61. The first-order chi connectivity index (χ1) is 9.90. The van der Waals surface area contributed by atoms with E-state index in [2.05, 4.69) is 15.9 Å². The summed E-state index contributed by atoms with van der Waals surface area (Å²) in [5.74, 6) is -0.0728. The smallest absolute Gasteiger partial charge is 0.275 e. The molecule has 0 saturated heterocycles. The predicted molar refractivity (Wildman–Crippen MR) is 86.8 cm³/mol. The van der Waals surface area contributed by atoms with Crippen LogP contribution in [0.3, 0.4) is 0 Å². The molecule has 0 spiro atoms. The van der Waals surface area contributed by atoms with Crippen LogP contribution < -0.4 is 5.73 Å². The van der Waals surface area contributed by atoms with Gasteiger partial charge in [-0.15, -0.1) is 0 Å². The Morgan fingerprint density at radius 1 is 1.33 bits per heavy atom. The zero-order valence-electron chi connectivity index (χ0n) is 10.6. The fourth-order valence-electron chi connectivity index (χ4n) is 1.78. The third-order valence-electron chi connectivity index (χ3n) is 2.79. The van der Waals surface area contributed by atoms with Crippen molar-refractivity contribution in [1.29, 1.82) is 0 Å². The van der Waals surface area contributed by atoms with Gasteiger partial charge in [-0.3, -0.25) is 14.3 Å². The molecule has 0 bridgehead atoms. The summed E-state index contributed by atoms with van der Waals surface area (Å²) >= 11 is 9.27. The van der Waals surface area contributed by atoms with Crippen molar-refractivity contribution in [3.63, 3.8) is 0 Å². The van der Waals surface area contributed by atoms with Gasteiger partial charge in [0.1, 0.15) is 0 Å². The maximum Gasteiger partial charge on any atom is 0.275 e. The largest absolute Gasteiger partial charge is 0.398 e. The SMILES string of the molecule is Nc1ccc(Br)cc1S(=O)Cc1c(Cl)cccc1[N+](=O)[O-]. The van der Waals surface area contributed by atoms with E-state index in [1.165, 1.54) is 18.2 Å². The van der Waals surface area contributed by atoms with Crippen molar-refractivity contribution in [2.75, 3.05) is 5.73 Å². The minimum Gasteiger partial charge on any atom is -0.398 e. The maximum atomic E-state index is 12.4. The number of nitrogen functional groups attached to an aromatic ring is 1. The minimum absolute atomic E-state index is 0.0728. The van der Waals surface area contributed by atoms with Crippen LogP contribution in [-0.4, -0.2) is 9.13 Å². The number of hydrogen-bond donors (Lipinski definition) is 1. The van der Waals surface area contributed by atoms with E-state index < -0.39 is 15.7 Å². The van der Waals surface area contributed by atoms with E-state index in [4.69, 9.17) is 17.3 Å². The highest BCUT2D eigenvalue weighted by molar-refractivity contribution is 9.10. The van der Waals surface area contributed by atoms with Gasteiger partial charge in [-0.1, -0.05) is 33.6 Å². The molecule has 0 aliphatic rings. The van der Waals surface area contributed by atoms with Gasteiger partial charge >= 0.3 is 0 Å². The minimum atomic E-state index is -1.54. The number of nitrogens with zero attached hydrogens (tertiary/aromatic N) is 1. The first kappa shape index (κ1) is 15.9. The van der Waals surface area contributed by atoms with Gasteiger partial charge in [0.25, 0.3) is 5.69 Å². The molecule has 1 atom stereocenters. The number of nitro benzene ring substituents is 1. The third-order valence-corrected chi connectivity index (χ3v) is 5.03. The van der Waals surface area contributed by atoms with Crippen molar-refractivity contribution in [1.82, 2.24) is 0 Å². The molecule has 0 fully saturated rings. The second-order valence-corrected chi connectivity index (χ2v) is 6.91. The molecule has 0 heterocycles. The van der Waals surface area contributed by atoms with E-state index in [1.54, 1.807) is 18.2 Å². The van der Waals surface area contributed by atoms with Crippen molar-refractivity contribution in [2.45, 2.75) is 10.6 Å². The molecule has 2 aromatic carbocycles. The molecule has 0 radical (unpaired) electrons. The Kier molecular flexibility index (Phi) is 4.97. The highest BCUT2D eigenvalue weighted by Crippen LogP contribution is 2.30. The van der Waals surface area contributed by atoms with Crippen molar-refractivity contribution in [2.24, 2.45) is 0 Å². The summed E-state index contributed by atoms with van der Waals surface area (Å²) in [5.41, 5.74) is 6.26. The molecule has 2 rings (SSSR count). The first-order valence-corrected chi connectivity index (χ1v) is 8.24. The molecular formula is C13H10BrClN2O3S. The van der Waals surface area contributed by atoms with Crippen LogP contribution in [0, 0.1) is 10.1 Å². The van der Waals surface area contributed by atoms with Crippen LogP contribution in [0.25, 0.3) is 0 Å². The predicted octanol–water partition coefficient (Wildman–Crippen LogP) is 3.90. The lowest BCUT2D eigenvalue weighted by Crippen LogP contribution is -2.04. The Morgan fingerprint density at radius 2 is 2.05 bits per heavy atom. The summed E-state index contributed by atoms with van der Waals surface area (Å²) in [7, 11) is -1.54. The summed E-state index contributed by atoms with van der Waals surface area (Å²) in [4.78, 5) is 10.9. The molecule has 2 N–H and O–H groups in total. The van der Waals surface area contributed by atoms with Crippen molar-refractivity contribution in [3.05, 3.63) is 61.6 Å². The Bertz CT molecular complexity index is 739.